The number of benzene rings is 3. The summed E-state index contributed by atoms with van der Waals surface area (Å²) in [4.78, 5) is 13.6. The lowest BCUT2D eigenvalue weighted by molar-refractivity contribution is -0.00881. The van der Waals surface area contributed by atoms with Gasteiger partial charge in [0.1, 0.15) is 16.8 Å². The van der Waals surface area contributed by atoms with Crippen LogP contribution in [-0.4, -0.2) is 37.6 Å². The number of hydrogen-bond donors (Lipinski definition) is 1. The molecular weight excluding hydrogens is 569 g/mol. The van der Waals surface area contributed by atoms with Crippen molar-refractivity contribution >= 4 is 40.3 Å². The number of rotatable bonds is 8. The van der Waals surface area contributed by atoms with Crippen LogP contribution in [0.15, 0.2) is 91.3 Å². The molecule has 0 bridgehead atoms. The first-order valence-corrected chi connectivity index (χ1v) is 14.8. The smallest absolute Gasteiger partial charge is 0.227 e. The standard InChI is InChI=1S/C33H33Cl2N5O2/c1-5-26-21(2)32(3,35)30(42-26)40-20-36-27-28(34)37-31(38-29(27)40)39-33(22-12-8-6-9-13-22,23-14-10-7-11-15-23)24-16-18-25(41-4)19-17-24/h6-21,26,30H,5H2,1-4H3,(H,37,38,39)/t21-,26-,30?,32-/m1/s1. The van der Waals surface area contributed by atoms with E-state index in [0.717, 1.165) is 28.9 Å². The van der Waals surface area contributed by atoms with Crippen molar-refractivity contribution in [2.24, 2.45) is 5.92 Å². The Morgan fingerprint density at radius 2 is 1.55 bits per heavy atom. The molecule has 4 atom stereocenters. The second kappa shape index (κ2) is 11.2. The van der Waals surface area contributed by atoms with Crippen LogP contribution in [0.5, 0.6) is 5.75 Å². The van der Waals surface area contributed by atoms with Crippen LogP contribution in [0.3, 0.4) is 0 Å². The predicted molar refractivity (Wildman–Crippen MR) is 167 cm³/mol. The number of fused-ring (bicyclic) bond motifs is 1. The van der Waals surface area contributed by atoms with E-state index in [1.165, 1.54) is 0 Å². The zero-order chi connectivity index (χ0) is 29.5. The van der Waals surface area contributed by atoms with Gasteiger partial charge in [0.15, 0.2) is 17.0 Å². The Balaban J connectivity index is 1.54. The molecule has 6 rings (SSSR count). The Kier molecular flexibility index (Phi) is 7.60. The molecule has 9 heteroatoms. The second-order valence-corrected chi connectivity index (χ2v) is 12.0. The van der Waals surface area contributed by atoms with Gasteiger partial charge in [-0.05, 0) is 42.2 Å². The molecule has 3 heterocycles. The third kappa shape index (κ3) is 4.70. The molecule has 1 N–H and O–H groups in total. The summed E-state index contributed by atoms with van der Waals surface area (Å²) in [6.07, 6.45) is 2.09. The molecule has 0 radical (unpaired) electrons. The summed E-state index contributed by atoms with van der Waals surface area (Å²) in [6, 6.07) is 28.5. The summed E-state index contributed by atoms with van der Waals surface area (Å²) in [5.74, 6) is 1.23. The summed E-state index contributed by atoms with van der Waals surface area (Å²) in [6.45, 7) is 6.24. The molecule has 2 aromatic heterocycles. The Bertz CT molecular complexity index is 1640. The van der Waals surface area contributed by atoms with Gasteiger partial charge in [0, 0.05) is 5.92 Å². The van der Waals surface area contributed by atoms with Crippen molar-refractivity contribution in [1.82, 2.24) is 19.5 Å². The maximum absolute atomic E-state index is 7.12. The number of ether oxygens (including phenoxy) is 2. The number of alkyl halides is 1. The molecule has 0 spiro atoms. The number of aromatic nitrogens is 4. The normalized spacial score (nSPS) is 22.4. The number of nitrogens with one attached hydrogen (secondary N) is 1. The fourth-order valence-electron chi connectivity index (χ4n) is 6.00. The lowest BCUT2D eigenvalue weighted by Gasteiger charge is -2.37. The minimum absolute atomic E-state index is 0.0173. The van der Waals surface area contributed by atoms with Crippen LogP contribution in [0, 0.1) is 5.92 Å². The maximum Gasteiger partial charge on any atom is 0.227 e. The minimum Gasteiger partial charge on any atom is -0.497 e. The van der Waals surface area contributed by atoms with Crippen LogP contribution >= 0.6 is 23.2 Å². The average molecular weight is 603 g/mol. The number of imidazole rings is 1. The average Bonchev–Trinajstić information content (AvgIpc) is 3.54. The summed E-state index contributed by atoms with van der Waals surface area (Å²) in [5.41, 5.74) is 3.14. The van der Waals surface area contributed by atoms with Gasteiger partial charge in [-0.25, -0.2) is 4.98 Å². The molecular formula is C33H33Cl2N5O2. The molecule has 1 aliphatic rings. The van der Waals surface area contributed by atoms with Crippen molar-refractivity contribution < 1.29 is 9.47 Å². The molecule has 0 aliphatic carbocycles. The quantitative estimate of drug-likeness (QED) is 0.111. The van der Waals surface area contributed by atoms with Gasteiger partial charge in [-0.15, -0.1) is 11.6 Å². The largest absolute Gasteiger partial charge is 0.497 e. The molecule has 0 saturated carbocycles. The zero-order valence-electron chi connectivity index (χ0n) is 24.0. The first-order chi connectivity index (χ1) is 20.3. The van der Waals surface area contributed by atoms with Gasteiger partial charge >= 0.3 is 0 Å². The number of nitrogens with zero attached hydrogens (tertiary/aromatic N) is 4. The van der Waals surface area contributed by atoms with E-state index in [1.54, 1.807) is 13.4 Å². The van der Waals surface area contributed by atoms with Crippen molar-refractivity contribution in [2.45, 2.75) is 49.9 Å². The summed E-state index contributed by atoms with van der Waals surface area (Å²) in [5, 5.41) is 3.94. The predicted octanol–water partition coefficient (Wildman–Crippen LogP) is 7.83. The zero-order valence-corrected chi connectivity index (χ0v) is 25.5. The van der Waals surface area contributed by atoms with Crippen LogP contribution in [0.1, 0.15) is 50.1 Å². The minimum atomic E-state index is -0.872. The fraction of sp³-hybridized carbons (Fsp3) is 0.303. The molecule has 3 aromatic carbocycles. The van der Waals surface area contributed by atoms with Gasteiger partial charge in [-0.3, -0.25) is 4.57 Å². The van der Waals surface area contributed by atoms with E-state index in [4.69, 9.17) is 37.7 Å². The number of anilines is 1. The Labute approximate surface area is 255 Å². The molecule has 216 valence electrons. The van der Waals surface area contributed by atoms with Crippen molar-refractivity contribution in [3.8, 4) is 5.75 Å². The van der Waals surface area contributed by atoms with Gasteiger partial charge in [0.2, 0.25) is 5.95 Å². The fourth-order valence-corrected chi connectivity index (χ4v) is 6.51. The van der Waals surface area contributed by atoms with Crippen molar-refractivity contribution in [3.05, 3.63) is 113 Å². The number of hydrogen-bond acceptors (Lipinski definition) is 6. The topological polar surface area (TPSA) is 74.1 Å². The molecule has 0 amide bonds. The van der Waals surface area contributed by atoms with Gasteiger partial charge in [-0.2, -0.15) is 9.97 Å². The Morgan fingerprint density at radius 3 is 2.10 bits per heavy atom. The molecule has 42 heavy (non-hydrogen) atoms. The summed E-state index contributed by atoms with van der Waals surface area (Å²) in [7, 11) is 1.66. The van der Waals surface area contributed by atoms with Crippen LogP contribution < -0.4 is 10.1 Å². The van der Waals surface area contributed by atoms with Crippen LogP contribution in [0.2, 0.25) is 5.15 Å². The monoisotopic (exact) mass is 601 g/mol. The number of halogens is 2. The molecule has 1 unspecified atom stereocenters. The lowest BCUT2D eigenvalue weighted by Crippen LogP contribution is -2.39. The highest BCUT2D eigenvalue weighted by Gasteiger charge is 2.51. The SMILES string of the molecule is CC[C@H]1OC(n2cnc3c(Cl)nc(NC(c4ccccc4)(c4ccccc4)c4ccc(OC)cc4)nc32)[C@](C)(Cl)[C@@H]1C. The van der Waals surface area contributed by atoms with E-state index in [1.807, 2.05) is 72.2 Å². The first-order valence-electron chi connectivity index (χ1n) is 14.1. The van der Waals surface area contributed by atoms with E-state index >= 15 is 0 Å². The van der Waals surface area contributed by atoms with E-state index in [-0.39, 0.29) is 17.2 Å². The molecule has 1 saturated heterocycles. The van der Waals surface area contributed by atoms with Crippen LogP contribution in [0.4, 0.5) is 5.95 Å². The van der Waals surface area contributed by atoms with Gasteiger partial charge in [0.05, 0.1) is 24.4 Å². The van der Waals surface area contributed by atoms with Gasteiger partial charge in [0.25, 0.3) is 0 Å². The summed E-state index contributed by atoms with van der Waals surface area (Å²) < 4.78 is 13.8. The highest BCUT2D eigenvalue weighted by Crippen LogP contribution is 2.49. The van der Waals surface area contributed by atoms with Crippen molar-refractivity contribution in [2.75, 3.05) is 12.4 Å². The van der Waals surface area contributed by atoms with E-state index in [2.05, 4.69) is 53.4 Å². The second-order valence-electron chi connectivity index (χ2n) is 10.9. The third-order valence-electron chi connectivity index (χ3n) is 8.50. The van der Waals surface area contributed by atoms with Gasteiger partial charge < -0.3 is 14.8 Å². The Morgan fingerprint density at radius 1 is 0.952 bits per heavy atom. The van der Waals surface area contributed by atoms with E-state index in [9.17, 15) is 0 Å². The molecule has 1 aliphatic heterocycles. The van der Waals surface area contributed by atoms with Crippen LogP contribution in [0.25, 0.3) is 11.2 Å². The molecule has 7 nitrogen and oxygen atoms in total. The van der Waals surface area contributed by atoms with E-state index < -0.39 is 16.6 Å². The maximum atomic E-state index is 7.12. The van der Waals surface area contributed by atoms with Crippen LogP contribution in [-0.2, 0) is 10.3 Å². The first kappa shape index (κ1) is 28.5. The Hall–Kier alpha value is -3.65. The highest BCUT2D eigenvalue weighted by molar-refractivity contribution is 6.33. The van der Waals surface area contributed by atoms with Crippen molar-refractivity contribution in [3.63, 3.8) is 0 Å². The van der Waals surface area contributed by atoms with Crippen molar-refractivity contribution in [1.29, 1.82) is 0 Å². The number of methoxy groups -OCH3 is 1. The van der Waals surface area contributed by atoms with Gasteiger partial charge in [-0.1, -0.05) is 98.2 Å². The summed E-state index contributed by atoms with van der Waals surface area (Å²) >= 11 is 13.9. The van der Waals surface area contributed by atoms with E-state index in [0.29, 0.717) is 17.1 Å². The lowest BCUT2D eigenvalue weighted by atomic mass is 9.77. The third-order valence-corrected chi connectivity index (χ3v) is 9.30. The highest BCUT2D eigenvalue weighted by atomic mass is 35.5. The molecule has 5 aromatic rings. The molecule has 1 fully saturated rings.